The van der Waals surface area contributed by atoms with Gasteiger partial charge in [0.25, 0.3) is 0 Å². The van der Waals surface area contributed by atoms with E-state index in [9.17, 15) is 0 Å². The van der Waals surface area contributed by atoms with Crippen LogP contribution >= 0.6 is 0 Å². The van der Waals surface area contributed by atoms with E-state index in [4.69, 9.17) is 0 Å². The highest BCUT2D eigenvalue weighted by molar-refractivity contribution is 5.04. The van der Waals surface area contributed by atoms with Gasteiger partial charge < -0.3 is 0 Å². The van der Waals surface area contributed by atoms with E-state index in [1.165, 1.54) is 5.56 Å². The first kappa shape index (κ1) is 6.33. The van der Waals surface area contributed by atoms with Crippen molar-refractivity contribution >= 4 is 0 Å². The highest BCUT2D eigenvalue weighted by atomic mass is 15.2. The molecule has 0 saturated heterocycles. The van der Waals surface area contributed by atoms with Gasteiger partial charge in [-0.15, -0.1) is 4.68 Å². The highest BCUT2D eigenvalue weighted by Gasteiger charge is 2.03. The zero-order chi connectivity index (χ0) is 6.85. The van der Waals surface area contributed by atoms with Crippen LogP contribution in [0.4, 0.5) is 0 Å². The molecule has 2 nitrogen and oxygen atoms in total. The van der Waals surface area contributed by atoms with E-state index in [1.54, 1.807) is 0 Å². The monoisotopic (exact) mass is 125 g/mol. The summed E-state index contributed by atoms with van der Waals surface area (Å²) in [6.45, 7) is 4.37. The molecule has 0 unspecified atom stereocenters. The van der Waals surface area contributed by atoms with Crippen molar-refractivity contribution in [1.29, 1.82) is 0 Å². The normalized spacial score (nSPS) is 10.7. The number of rotatable bonds is 1. The number of hydrogen-bond acceptors (Lipinski definition) is 0. The Labute approximate surface area is 55.5 Å². The second kappa shape index (κ2) is 2.21. The maximum atomic E-state index is 3.07. The number of aromatic amines is 1. The molecule has 2 heteroatoms. The van der Waals surface area contributed by atoms with Gasteiger partial charge in [-0.2, -0.15) is 5.10 Å². The van der Waals surface area contributed by atoms with E-state index in [-0.39, 0.29) is 0 Å². The molecule has 0 atom stereocenters. The molecular formula is C7H13N2+. The van der Waals surface area contributed by atoms with Crippen LogP contribution < -0.4 is 4.68 Å². The quantitative estimate of drug-likeness (QED) is 0.539. The summed E-state index contributed by atoms with van der Waals surface area (Å²) in [5.74, 6) is 0.627. The van der Waals surface area contributed by atoms with Crippen LogP contribution in [0.3, 0.4) is 0 Å². The molecule has 0 spiro atoms. The molecule has 50 valence electrons. The van der Waals surface area contributed by atoms with Crippen LogP contribution in [0.25, 0.3) is 0 Å². The van der Waals surface area contributed by atoms with Crippen LogP contribution in [-0.4, -0.2) is 5.10 Å². The van der Waals surface area contributed by atoms with Crippen molar-refractivity contribution in [3.63, 3.8) is 0 Å². The highest BCUT2D eigenvalue weighted by Crippen LogP contribution is 2.08. The lowest BCUT2D eigenvalue weighted by molar-refractivity contribution is -0.727. The van der Waals surface area contributed by atoms with Gasteiger partial charge in [0.15, 0.2) is 13.2 Å². The second-order valence-corrected chi connectivity index (χ2v) is 2.67. The molecule has 9 heavy (non-hydrogen) atoms. The molecule has 0 amide bonds. The van der Waals surface area contributed by atoms with E-state index in [0.29, 0.717) is 5.92 Å². The topological polar surface area (TPSA) is 19.7 Å². The molecule has 0 radical (unpaired) electrons. The van der Waals surface area contributed by atoms with Crippen molar-refractivity contribution in [2.45, 2.75) is 19.8 Å². The summed E-state index contributed by atoms with van der Waals surface area (Å²) in [5.41, 5.74) is 1.36. The smallest absolute Gasteiger partial charge is 0.173 e. The van der Waals surface area contributed by atoms with Crippen molar-refractivity contribution in [1.82, 2.24) is 5.10 Å². The fourth-order valence-electron chi connectivity index (χ4n) is 0.790. The molecule has 0 bridgehead atoms. The Morgan fingerprint density at radius 1 is 1.56 bits per heavy atom. The third kappa shape index (κ3) is 1.31. The van der Waals surface area contributed by atoms with Gasteiger partial charge in [0, 0.05) is 5.56 Å². The Bertz CT molecular complexity index is 189. The van der Waals surface area contributed by atoms with Crippen molar-refractivity contribution in [2.75, 3.05) is 0 Å². The van der Waals surface area contributed by atoms with Gasteiger partial charge in [-0.3, -0.25) is 0 Å². The van der Waals surface area contributed by atoms with E-state index < -0.39 is 0 Å². The number of nitrogens with one attached hydrogen (secondary N) is 1. The summed E-state index contributed by atoms with van der Waals surface area (Å²) in [6.07, 6.45) is 4.13. The summed E-state index contributed by atoms with van der Waals surface area (Å²) < 4.78 is 1.95. The Morgan fingerprint density at radius 2 is 2.22 bits per heavy atom. The Hall–Kier alpha value is -0.790. The minimum Gasteiger partial charge on any atom is -0.173 e. The predicted molar refractivity (Wildman–Crippen MR) is 36.1 cm³/mol. The molecule has 1 N–H and O–H groups in total. The van der Waals surface area contributed by atoms with Gasteiger partial charge in [0.1, 0.15) is 0 Å². The molecule has 1 heterocycles. The molecule has 0 aliphatic heterocycles. The van der Waals surface area contributed by atoms with Gasteiger partial charge in [-0.25, -0.2) is 0 Å². The molecule has 1 aromatic heterocycles. The van der Waals surface area contributed by atoms with Crippen LogP contribution in [-0.2, 0) is 7.05 Å². The number of aromatic nitrogens is 2. The van der Waals surface area contributed by atoms with E-state index in [2.05, 4.69) is 25.1 Å². The molecule has 1 rings (SSSR count). The van der Waals surface area contributed by atoms with Gasteiger partial charge in [0.2, 0.25) is 0 Å². The molecule has 0 aromatic carbocycles. The van der Waals surface area contributed by atoms with E-state index in [0.717, 1.165) is 0 Å². The van der Waals surface area contributed by atoms with Gasteiger partial charge >= 0.3 is 0 Å². The summed E-state index contributed by atoms with van der Waals surface area (Å²) in [5, 5.41) is 3.07. The summed E-state index contributed by atoms with van der Waals surface area (Å²) in [7, 11) is 1.99. The van der Waals surface area contributed by atoms with Crippen molar-refractivity contribution in [3.8, 4) is 0 Å². The number of aryl methyl sites for hydroxylation is 1. The molecule has 0 aliphatic rings. The summed E-state index contributed by atoms with van der Waals surface area (Å²) in [6, 6.07) is 0. The maximum Gasteiger partial charge on any atom is 0.198 e. The van der Waals surface area contributed by atoms with Gasteiger partial charge in [-0.1, -0.05) is 13.8 Å². The van der Waals surface area contributed by atoms with Crippen LogP contribution in [0, 0.1) is 0 Å². The zero-order valence-electron chi connectivity index (χ0n) is 6.18. The van der Waals surface area contributed by atoms with Crippen LogP contribution in [0.1, 0.15) is 25.3 Å². The molecule has 0 aliphatic carbocycles. The largest absolute Gasteiger partial charge is 0.198 e. The maximum absolute atomic E-state index is 3.07. The lowest BCUT2D eigenvalue weighted by Gasteiger charge is -1.92. The summed E-state index contributed by atoms with van der Waals surface area (Å²) >= 11 is 0. The van der Waals surface area contributed by atoms with Crippen LogP contribution in [0.5, 0.6) is 0 Å². The number of hydrogen-bond donors (Lipinski definition) is 1. The number of nitrogens with zero attached hydrogens (tertiary/aromatic N) is 1. The molecular weight excluding hydrogens is 112 g/mol. The Morgan fingerprint density at radius 3 is 2.44 bits per heavy atom. The van der Waals surface area contributed by atoms with Crippen molar-refractivity contribution < 1.29 is 4.68 Å². The number of H-pyrrole nitrogens is 1. The average Bonchev–Trinajstić information content (AvgIpc) is 2.14. The van der Waals surface area contributed by atoms with Crippen molar-refractivity contribution in [2.24, 2.45) is 7.05 Å². The molecule has 0 fully saturated rings. The molecule has 1 aromatic rings. The first-order valence-electron chi connectivity index (χ1n) is 3.24. The standard InChI is InChI=1S/C7H12N2/c1-6(2)7-4-8-9(3)5-7/h4-6H,1-3H3/p+1. The molecule has 0 saturated carbocycles. The van der Waals surface area contributed by atoms with E-state index >= 15 is 0 Å². The Balaban J connectivity index is 2.85. The van der Waals surface area contributed by atoms with Gasteiger partial charge in [0.05, 0.1) is 6.20 Å². The van der Waals surface area contributed by atoms with Crippen LogP contribution in [0.15, 0.2) is 12.4 Å². The fraction of sp³-hybridized carbons (Fsp3) is 0.571. The zero-order valence-corrected chi connectivity index (χ0v) is 6.18. The third-order valence-corrected chi connectivity index (χ3v) is 1.44. The van der Waals surface area contributed by atoms with Crippen molar-refractivity contribution in [3.05, 3.63) is 18.0 Å². The van der Waals surface area contributed by atoms with Crippen LogP contribution in [0.2, 0.25) is 0 Å². The minimum absolute atomic E-state index is 0.627. The summed E-state index contributed by atoms with van der Waals surface area (Å²) in [4.78, 5) is 0. The average molecular weight is 125 g/mol. The Kier molecular flexibility index (Phi) is 1.56. The first-order valence-corrected chi connectivity index (χ1v) is 3.24. The van der Waals surface area contributed by atoms with Gasteiger partial charge in [-0.05, 0) is 5.92 Å². The minimum atomic E-state index is 0.627. The SMILES string of the molecule is CC(C)c1c[nH][n+](C)c1. The third-order valence-electron chi connectivity index (χ3n) is 1.44. The first-order chi connectivity index (χ1) is 4.20. The fourth-order valence-corrected chi connectivity index (χ4v) is 0.790. The predicted octanol–water partition coefficient (Wildman–Crippen LogP) is 0.963. The second-order valence-electron chi connectivity index (χ2n) is 2.67. The van der Waals surface area contributed by atoms with E-state index in [1.807, 2.05) is 17.9 Å². The lowest BCUT2D eigenvalue weighted by Crippen LogP contribution is -2.28. The lowest BCUT2D eigenvalue weighted by atomic mass is 10.1.